The van der Waals surface area contributed by atoms with E-state index in [1.54, 1.807) is 6.20 Å². The first kappa shape index (κ1) is 12.4. The van der Waals surface area contributed by atoms with Gasteiger partial charge in [-0.3, -0.25) is 0 Å². The van der Waals surface area contributed by atoms with E-state index < -0.39 is 0 Å². The van der Waals surface area contributed by atoms with Gasteiger partial charge in [0, 0.05) is 24.3 Å². The van der Waals surface area contributed by atoms with Gasteiger partial charge >= 0.3 is 0 Å². The molecule has 1 atom stereocenters. The van der Waals surface area contributed by atoms with Crippen LogP contribution in [0, 0.1) is 0 Å². The normalized spacial score (nSPS) is 19.7. The van der Waals surface area contributed by atoms with Gasteiger partial charge in [0.1, 0.15) is 0 Å². The lowest BCUT2D eigenvalue weighted by Gasteiger charge is -2.12. The summed E-state index contributed by atoms with van der Waals surface area (Å²) in [4.78, 5) is 8.90. The summed E-state index contributed by atoms with van der Waals surface area (Å²) in [5.41, 5.74) is 1.76. The molecule has 0 bridgehead atoms. The van der Waals surface area contributed by atoms with E-state index in [2.05, 4.69) is 20.6 Å². The van der Waals surface area contributed by atoms with Gasteiger partial charge in [0.2, 0.25) is 12.7 Å². The molecular formula is C15H16N4O2. The van der Waals surface area contributed by atoms with Crippen LogP contribution in [0.5, 0.6) is 11.5 Å². The van der Waals surface area contributed by atoms with Crippen LogP contribution in [0.1, 0.15) is 6.42 Å². The average Bonchev–Trinajstić information content (AvgIpc) is 3.18. The van der Waals surface area contributed by atoms with Gasteiger partial charge in [0.25, 0.3) is 0 Å². The van der Waals surface area contributed by atoms with E-state index in [0.717, 1.165) is 42.3 Å². The van der Waals surface area contributed by atoms with E-state index >= 15 is 0 Å². The minimum atomic E-state index is 0.260. The van der Waals surface area contributed by atoms with Gasteiger partial charge in [-0.1, -0.05) is 6.07 Å². The van der Waals surface area contributed by atoms with E-state index in [-0.39, 0.29) is 6.79 Å². The Hall–Kier alpha value is -2.34. The van der Waals surface area contributed by atoms with Crippen LogP contribution in [0.25, 0.3) is 11.3 Å². The second kappa shape index (κ2) is 5.21. The van der Waals surface area contributed by atoms with Crippen molar-refractivity contribution in [3.63, 3.8) is 0 Å². The van der Waals surface area contributed by atoms with Crippen LogP contribution >= 0.6 is 0 Å². The lowest BCUT2D eigenvalue weighted by Crippen LogP contribution is -2.23. The van der Waals surface area contributed by atoms with Crippen molar-refractivity contribution in [1.82, 2.24) is 15.3 Å². The first-order chi connectivity index (χ1) is 10.4. The van der Waals surface area contributed by atoms with Gasteiger partial charge < -0.3 is 20.1 Å². The predicted octanol–water partition coefficient (Wildman–Crippen LogP) is 1.65. The van der Waals surface area contributed by atoms with Crippen LogP contribution in [-0.4, -0.2) is 35.9 Å². The molecule has 1 aromatic heterocycles. The van der Waals surface area contributed by atoms with E-state index in [4.69, 9.17) is 9.47 Å². The Morgan fingerprint density at radius 3 is 3.14 bits per heavy atom. The summed E-state index contributed by atoms with van der Waals surface area (Å²) in [7, 11) is 0. The molecule has 108 valence electrons. The molecule has 0 amide bonds. The van der Waals surface area contributed by atoms with Crippen molar-refractivity contribution < 1.29 is 9.47 Å². The number of benzene rings is 1. The van der Waals surface area contributed by atoms with Crippen LogP contribution in [-0.2, 0) is 0 Å². The van der Waals surface area contributed by atoms with Gasteiger partial charge in [-0.25, -0.2) is 9.97 Å². The molecule has 2 aromatic rings. The van der Waals surface area contributed by atoms with E-state index in [1.165, 1.54) is 0 Å². The highest BCUT2D eigenvalue weighted by molar-refractivity contribution is 5.72. The Bertz CT molecular complexity index is 656. The minimum Gasteiger partial charge on any atom is -0.454 e. The molecule has 0 radical (unpaired) electrons. The van der Waals surface area contributed by atoms with Crippen LogP contribution in [0.4, 0.5) is 5.95 Å². The molecule has 4 rings (SSSR count). The number of ether oxygens (including phenoxy) is 2. The SMILES string of the molecule is c1cc2c(c(-c3ccnc(NC4CCNC4)n3)c1)OCO2. The number of hydrogen-bond donors (Lipinski definition) is 2. The van der Waals surface area contributed by atoms with E-state index in [9.17, 15) is 0 Å². The fraction of sp³-hybridized carbons (Fsp3) is 0.333. The Morgan fingerprint density at radius 2 is 2.24 bits per heavy atom. The summed E-state index contributed by atoms with van der Waals surface area (Å²) < 4.78 is 11.0. The zero-order chi connectivity index (χ0) is 14.1. The molecule has 2 aliphatic heterocycles. The molecule has 0 aliphatic carbocycles. The first-order valence-corrected chi connectivity index (χ1v) is 7.09. The zero-order valence-electron chi connectivity index (χ0n) is 11.5. The topological polar surface area (TPSA) is 68.3 Å². The largest absolute Gasteiger partial charge is 0.454 e. The average molecular weight is 284 g/mol. The Kier molecular flexibility index (Phi) is 3.08. The van der Waals surface area contributed by atoms with Gasteiger partial charge in [-0.05, 0) is 31.2 Å². The molecule has 3 heterocycles. The maximum atomic E-state index is 5.54. The third-order valence-electron chi connectivity index (χ3n) is 3.72. The molecule has 6 nitrogen and oxygen atoms in total. The second-order valence-corrected chi connectivity index (χ2v) is 5.14. The Labute approximate surface area is 122 Å². The highest BCUT2D eigenvalue weighted by Gasteiger charge is 2.20. The van der Waals surface area contributed by atoms with Crippen molar-refractivity contribution >= 4 is 5.95 Å². The smallest absolute Gasteiger partial charge is 0.231 e. The number of nitrogens with one attached hydrogen (secondary N) is 2. The van der Waals surface area contributed by atoms with Crippen molar-refractivity contribution in [2.45, 2.75) is 12.5 Å². The quantitative estimate of drug-likeness (QED) is 0.893. The third kappa shape index (κ3) is 2.38. The molecule has 0 spiro atoms. The molecule has 1 aromatic carbocycles. The van der Waals surface area contributed by atoms with Gasteiger partial charge in [-0.2, -0.15) is 0 Å². The molecule has 0 saturated carbocycles. The summed E-state index contributed by atoms with van der Waals surface area (Å²) in [6, 6.07) is 8.10. The minimum absolute atomic E-state index is 0.260. The molecule has 2 N–H and O–H groups in total. The molecular weight excluding hydrogens is 268 g/mol. The van der Waals surface area contributed by atoms with Crippen LogP contribution in [0.2, 0.25) is 0 Å². The zero-order valence-corrected chi connectivity index (χ0v) is 11.5. The maximum absolute atomic E-state index is 5.54. The number of para-hydroxylation sites is 1. The summed E-state index contributed by atoms with van der Waals surface area (Å²) in [5, 5.41) is 6.68. The molecule has 1 saturated heterocycles. The summed E-state index contributed by atoms with van der Waals surface area (Å²) in [5.74, 6) is 2.17. The number of hydrogen-bond acceptors (Lipinski definition) is 6. The Balaban J connectivity index is 1.65. The highest BCUT2D eigenvalue weighted by atomic mass is 16.7. The molecule has 1 unspecified atom stereocenters. The van der Waals surface area contributed by atoms with Crippen molar-refractivity contribution in [3.8, 4) is 22.8 Å². The van der Waals surface area contributed by atoms with Crippen molar-refractivity contribution in [3.05, 3.63) is 30.5 Å². The fourth-order valence-electron chi connectivity index (χ4n) is 2.67. The van der Waals surface area contributed by atoms with Crippen LogP contribution < -0.4 is 20.1 Å². The van der Waals surface area contributed by atoms with Crippen molar-refractivity contribution in [2.75, 3.05) is 25.2 Å². The van der Waals surface area contributed by atoms with E-state index in [0.29, 0.717) is 12.0 Å². The monoisotopic (exact) mass is 284 g/mol. The van der Waals surface area contributed by atoms with Crippen molar-refractivity contribution in [1.29, 1.82) is 0 Å². The number of nitrogens with zero attached hydrogens (tertiary/aromatic N) is 2. The molecule has 1 fully saturated rings. The van der Waals surface area contributed by atoms with Gasteiger partial charge in [0.05, 0.1) is 5.69 Å². The number of aromatic nitrogens is 2. The summed E-state index contributed by atoms with van der Waals surface area (Å²) in [6.45, 7) is 2.25. The van der Waals surface area contributed by atoms with Crippen molar-refractivity contribution in [2.24, 2.45) is 0 Å². The molecule has 2 aliphatic rings. The van der Waals surface area contributed by atoms with Gasteiger partial charge in [-0.15, -0.1) is 0 Å². The second-order valence-electron chi connectivity index (χ2n) is 5.14. The summed E-state index contributed by atoms with van der Waals surface area (Å²) >= 11 is 0. The fourth-order valence-corrected chi connectivity index (χ4v) is 2.67. The molecule has 6 heteroatoms. The number of anilines is 1. The number of rotatable bonds is 3. The van der Waals surface area contributed by atoms with Gasteiger partial charge in [0.15, 0.2) is 11.5 Å². The first-order valence-electron chi connectivity index (χ1n) is 7.09. The lowest BCUT2D eigenvalue weighted by molar-refractivity contribution is 0.174. The molecule has 21 heavy (non-hydrogen) atoms. The van der Waals surface area contributed by atoms with E-state index in [1.807, 2.05) is 24.3 Å². The summed E-state index contributed by atoms with van der Waals surface area (Å²) in [6.07, 6.45) is 2.85. The number of fused-ring (bicyclic) bond motifs is 1. The van der Waals surface area contributed by atoms with Crippen LogP contribution in [0.15, 0.2) is 30.5 Å². The standard InChI is InChI=1S/C15H16N4O2/c1-2-11(14-13(3-1)20-9-21-14)12-5-7-17-15(19-12)18-10-4-6-16-8-10/h1-3,5,7,10,16H,4,6,8-9H2,(H,17,18,19). The Morgan fingerprint density at radius 1 is 1.24 bits per heavy atom. The lowest BCUT2D eigenvalue weighted by atomic mass is 10.1. The predicted molar refractivity (Wildman–Crippen MR) is 78.5 cm³/mol. The maximum Gasteiger partial charge on any atom is 0.231 e. The highest BCUT2D eigenvalue weighted by Crippen LogP contribution is 2.40. The van der Waals surface area contributed by atoms with Crippen LogP contribution in [0.3, 0.4) is 0 Å². The third-order valence-corrected chi connectivity index (χ3v) is 3.72.